The van der Waals surface area contributed by atoms with Crippen LogP contribution in [-0.4, -0.2) is 20.0 Å². The topological polar surface area (TPSA) is 51.9 Å². The van der Waals surface area contributed by atoms with E-state index in [0.29, 0.717) is 12.2 Å². The Hall–Kier alpha value is -1.56. The van der Waals surface area contributed by atoms with Gasteiger partial charge in [0.1, 0.15) is 11.5 Å². The smallest absolute Gasteiger partial charge is 0.268 e. The maximum atomic E-state index is 12.1. The summed E-state index contributed by atoms with van der Waals surface area (Å²) in [7, 11) is 1.90. The van der Waals surface area contributed by atoms with E-state index in [0.717, 1.165) is 16.8 Å². The molecule has 2 heterocycles. The van der Waals surface area contributed by atoms with E-state index in [9.17, 15) is 4.79 Å². The van der Waals surface area contributed by atoms with E-state index in [-0.39, 0.29) is 5.91 Å². The van der Waals surface area contributed by atoms with E-state index in [1.165, 1.54) is 0 Å². The van der Waals surface area contributed by atoms with Crippen molar-refractivity contribution in [2.75, 3.05) is 0 Å². The average molecular weight is 311 g/mol. The summed E-state index contributed by atoms with van der Waals surface area (Å²) < 4.78 is 4.69. The summed E-state index contributed by atoms with van der Waals surface area (Å²) in [4.78, 5) is 16.2. The zero-order valence-electron chi connectivity index (χ0n) is 10.4. The minimum atomic E-state index is -0.0921. The van der Waals surface area contributed by atoms with Crippen LogP contribution in [0.25, 0.3) is 0 Å². The van der Waals surface area contributed by atoms with E-state index >= 15 is 0 Å². The molecule has 2 rings (SSSR count). The van der Waals surface area contributed by atoms with Crippen LogP contribution in [0.2, 0.25) is 0 Å². The van der Waals surface area contributed by atoms with Gasteiger partial charge in [-0.2, -0.15) is 0 Å². The number of imidazole rings is 1. The monoisotopic (exact) mass is 310 g/mol. The van der Waals surface area contributed by atoms with Gasteiger partial charge in [-0.15, -0.1) is 0 Å². The first-order valence-electron chi connectivity index (χ1n) is 5.72. The van der Waals surface area contributed by atoms with Crippen LogP contribution in [-0.2, 0) is 20.1 Å². The van der Waals surface area contributed by atoms with Crippen LogP contribution in [0.4, 0.5) is 0 Å². The van der Waals surface area contributed by atoms with Gasteiger partial charge in [0.2, 0.25) is 0 Å². The van der Waals surface area contributed by atoms with Gasteiger partial charge >= 0.3 is 0 Å². The first kappa shape index (κ1) is 12.9. The number of aryl methyl sites for hydroxylation is 2. The molecule has 0 aromatic carbocycles. The van der Waals surface area contributed by atoms with E-state index in [4.69, 9.17) is 0 Å². The number of hydrogen-bond acceptors (Lipinski definition) is 2. The highest BCUT2D eigenvalue weighted by Crippen LogP contribution is 2.14. The third-order valence-corrected chi connectivity index (χ3v) is 3.20. The second-order valence-electron chi connectivity index (χ2n) is 3.97. The van der Waals surface area contributed by atoms with Crippen LogP contribution < -0.4 is 5.32 Å². The van der Waals surface area contributed by atoms with Gasteiger partial charge in [-0.25, -0.2) is 4.98 Å². The molecule has 0 saturated carbocycles. The highest BCUT2D eigenvalue weighted by Gasteiger charge is 2.12. The third kappa shape index (κ3) is 2.64. The predicted molar refractivity (Wildman–Crippen MR) is 72.2 cm³/mol. The minimum Gasteiger partial charge on any atom is -0.344 e. The molecular weight excluding hydrogens is 296 g/mol. The molecule has 2 aromatic rings. The maximum absolute atomic E-state index is 12.1. The molecule has 0 radical (unpaired) electrons. The number of carbonyl (C=O) groups excluding carboxylic acids is 1. The van der Waals surface area contributed by atoms with Crippen molar-refractivity contribution in [3.05, 3.63) is 40.6 Å². The molecule has 0 aliphatic heterocycles. The summed E-state index contributed by atoms with van der Waals surface area (Å²) in [6, 6.07) is 1.82. The summed E-state index contributed by atoms with van der Waals surface area (Å²) in [6.07, 6.45) is 5.47. The van der Waals surface area contributed by atoms with Crippen molar-refractivity contribution in [1.29, 1.82) is 0 Å². The lowest BCUT2D eigenvalue weighted by atomic mass is 10.4. The van der Waals surface area contributed by atoms with Crippen molar-refractivity contribution in [3.63, 3.8) is 0 Å². The van der Waals surface area contributed by atoms with Crippen molar-refractivity contribution in [3.8, 4) is 0 Å². The molecule has 1 amide bonds. The first-order valence-corrected chi connectivity index (χ1v) is 6.51. The highest BCUT2D eigenvalue weighted by atomic mass is 79.9. The number of aromatic nitrogens is 3. The van der Waals surface area contributed by atoms with E-state index in [2.05, 4.69) is 26.2 Å². The Labute approximate surface area is 114 Å². The Morgan fingerprint density at radius 3 is 2.94 bits per heavy atom. The Bertz CT molecular complexity index is 558. The Morgan fingerprint density at radius 1 is 1.56 bits per heavy atom. The Balaban J connectivity index is 2.06. The van der Waals surface area contributed by atoms with Gasteiger partial charge in [-0.1, -0.05) is 0 Å². The molecule has 6 heteroatoms. The Morgan fingerprint density at radius 2 is 2.33 bits per heavy atom. The summed E-state index contributed by atoms with van der Waals surface area (Å²) in [6.45, 7) is 3.19. The third-order valence-electron chi connectivity index (χ3n) is 2.76. The second-order valence-corrected chi connectivity index (χ2v) is 4.88. The van der Waals surface area contributed by atoms with Crippen molar-refractivity contribution in [2.45, 2.75) is 20.0 Å². The zero-order valence-corrected chi connectivity index (χ0v) is 11.9. The van der Waals surface area contributed by atoms with Crippen molar-refractivity contribution in [1.82, 2.24) is 19.4 Å². The largest absolute Gasteiger partial charge is 0.344 e. The molecule has 0 saturated heterocycles. The van der Waals surface area contributed by atoms with E-state index in [1.54, 1.807) is 6.20 Å². The normalized spacial score (nSPS) is 10.6. The van der Waals surface area contributed by atoms with Gasteiger partial charge in [-0.05, 0) is 28.9 Å². The number of hydrogen-bond donors (Lipinski definition) is 1. The van der Waals surface area contributed by atoms with Crippen LogP contribution in [0.15, 0.2) is 29.1 Å². The summed E-state index contributed by atoms with van der Waals surface area (Å²) in [5.41, 5.74) is 0.651. The van der Waals surface area contributed by atoms with Gasteiger partial charge in [0, 0.05) is 36.7 Å². The molecule has 0 aliphatic carbocycles. The van der Waals surface area contributed by atoms with E-state index in [1.807, 2.05) is 41.6 Å². The number of nitrogens with zero attached hydrogens (tertiary/aromatic N) is 3. The van der Waals surface area contributed by atoms with Crippen molar-refractivity contribution in [2.24, 2.45) is 7.05 Å². The first-order chi connectivity index (χ1) is 8.61. The van der Waals surface area contributed by atoms with Gasteiger partial charge in [0.05, 0.1) is 6.54 Å². The SMILES string of the molecule is CCn1cc(Br)cc1C(=O)NCc1nccn1C. The van der Waals surface area contributed by atoms with Crippen LogP contribution >= 0.6 is 15.9 Å². The Kier molecular flexibility index (Phi) is 3.86. The van der Waals surface area contributed by atoms with E-state index < -0.39 is 0 Å². The summed E-state index contributed by atoms with van der Waals surface area (Å²) in [5, 5.41) is 2.87. The molecule has 0 aliphatic rings. The molecule has 96 valence electrons. The maximum Gasteiger partial charge on any atom is 0.268 e. The number of amides is 1. The molecule has 2 aromatic heterocycles. The molecule has 1 N–H and O–H groups in total. The van der Waals surface area contributed by atoms with Crippen LogP contribution in [0.5, 0.6) is 0 Å². The summed E-state index contributed by atoms with van der Waals surface area (Å²) in [5.74, 6) is 0.738. The fraction of sp³-hybridized carbons (Fsp3) is 0.333. The second kappa shape index (κ2) is 5.39. The number of rotatable bonds is 4. The summed E-state index contributed by atoms with van der Waals surface area (Å²) >= 11 is 3.38. The van der Waals surface area contributed by atoms with Gasteiger partial charge in [0.15, 0.2) is 0 Å². The standard InChI is InChI=1S/C12H15BrN4O/c1-3-17-8-9(13)6-10(17)12(18)15-7-11-14-4-5-16(11)2/h4-6,8H,3,7H2,1-2H3,(H,15,18). The fourth-order valence-corrected chi connectivity index (χ4v) is 2.21. The molecule has 0 fully saturated rings. The lowest BCUT2D eigenvalue weighted by Crippen LogP contribution is -2.26. The fourth-order valence-electron chi connectivity index (χ4n) is 1.74. The quantitative estimate of drug-likeness (QED) is 0.938. The van der Waals surface area contributed by atoms with Crippen LogP contribution in [0, 0.1) is 0 Å². The zero-order chi connectivity index (χ0) is 13.1. The number of carbonyl (C=O) groups is 1. The lowest BCUT2D eigenvalue weighted by Gasteiger charge is -2.07. The predicted octanol–water partition coefficient (Wildman–Crippen LogP) is 1.93. The molecule has 0 bridgehead atoms. The molecule has 0 unspecified atom stereocenters. The van der Waals surface area contributed by atoms with Crippen LogP contribution in [0.1, 0.15) is 23.2 Å². The van der Waals surface area contributed by atoms with Gasteiger partial charge < -0.3 is 14.5 Å². The van der Waals surface area contributed by atoms with Gasteiger partial charge in [0.25, 0.3) is 5.91 Å². The molecule has 0 spiro atoms. The number of halogens is 1. The highest BCUT2D eigenvalue weighted by molar-refractivity contribution is 9.10. The molecular formula is C12H15BrN4O. The minimum absolute atomic E-state index is 0.0921. The lowest BCUT2D eigenvalue weighted by molar-refractivity contribution is 0.0940. The number of nitrogens with one attached hydrogen (secondary N) is 1. The van der Waals surface area contributed by atoms with Gasteiger partial charge in [-0.3, -0.25) is 4.79 Å². The molecule has 5 nitrogen and oxygen atoms in total. The van der Waals surface area contributed by atoms with Crippen molar-refractivity contribution >= 4 is 21.8 Å². The molecule has 18 heavy (non-hydrogen) atoms. The molecule has 0 atom stereocenters. The van der Waals surface area contributed by atoms with Crippen molar-refractivity contribution < 1.29 is 4.79 Å². The van der Waals surface area contributed by atoms with Crippen LogP contribution in [0.3, 0.4) is 0 Å². The average Bonchev–Trinajstić information content (AvgIpc) is 2.92.